The molecule has 2 aliphatic rings. The highest BCUT2D eigenvalue weighted by Gasteiger charge is 2.50. The van der Waals surface area contributed by atoms with Gasteiger partial charge >= 0.3 is 0 Å². The Morgan fingerprint density at radius 1 is 1.04 bits per heavy atom. The molecular formula is C21H17Cl2NO3. The molecule has 27 heavy (non-hydrogen) atoms. The monoisotopic (exact) mass is 401 g/mol. The summed E-state index contributed by atoms with van der Waals surface area (Å²) in [5.74, 6) is 0.307. The Morgan fingerprint density at radius 2 is 1.78 bits per heavy atom. The van der Waals surface area contributed by atoms with Crippen LogP contribution in [0.1, 0.15) is 13.3 Å². The number of hydrogen-bond acceptors (Lipinski definition) is 3. The summed E-state index contributed by atoms with van der Waals surface area (Å²) in [6, 6.07) is 11.8. The number of ether oxygens (including phenoxy) is 1. The Balaban J connectivity index is 1.56. The number of halogens is 2. The van der Waals surface area contributed by atoms with E-state index >= 15 is 0 Å². The van der Waals surface area contributed by atoms with Crippen LogP contribution in [0.3, 0.4) is 0 Å². The number of hydrogen-bond donors (Lipinski definition) is 0. The number of fused-ring (bicyclic) bond motifs is 1. The van der Waals surface area contributed by atoms with Crippen LogP contribution in [0.5, 0.6) is 11.5 Å². The van der Waals surface area contributed by atoms with E-state index in [0.29, 0.717) is 33.7 Å². The summed E-state index contributed by atoms with van der Waals surface area (Å²) in [6.07, 6.45) is 4.63. The van der Waals surface area contributed by atoms with Crippen LogP contribution in [0, 0.1) is 17.8 Å². The topological polar surface area (TPSA) is 46.6 Å². The predicted molar refractivity (Wildman–Crippen MR) is 105 cm³/mol. The molecule has 138 valence electrons. The third-order valence-electron chi connectivity index (χ3n) is 5.09. The van der Waals surface area contributed by atoms with Crippen molar-refractivity contribution < 1.29 is 14.3 Å². The van der Waals surface area contributed by atoms with Gasteiger partial charge in [-0.15, -0.1) is 0 Å². The van der Waals surface area contributed by atoms with Crippen LogP contribution in [0.4, 0.5) is 5.69 Å². The van der Waals surface area contributed by atoms with Gasteiger partial charge in [-0.05, 0) is 54.8 Å². The highest BCUT2D eigenvalue weighted by atomic mass is 35.5. The lowest BCUT2D eigenvalue weighted by Crippen LogP contribution is -2.31. The maximum Gasteiger partial charge on any atom is 0.238 e. The zero-order valence-electron chi connectivity index (χ0n) is 14.6. The number of anilines is 1. The second-order valence-electron chi connectivity index (χ2n) is 6.84. The fourth-order valence-corrected chi connectivity index (χ4v) is 4.20. The molecule has 1 heterocycles. The second kappa shape index (κ2) is 7.02. The molecule has 1 aliphatic carbocycles. The predicted octanol–water partition coefficient (Wildman–Crippen LogP) is 5.49. The highest BCUT2D eigenvalue weighted by Crippen LogP contribution is 2.41. The second-order valence-corrected chi connectivity index (χ2v) is 7.68. The number of nitrogens with zero attached hydrogens (tertiary/aromatic N) is 1. The first-order valence-electron chi connectivity index (χ1n) is 8.73. The molecule has 6 heteroatoms. The summed E-state index contributed by atoms with van der Waals surface area (Å²) >= 11 is 12.0. The fraction of sp³-hybridized carbons (Fsp3) is 0.238. The third-order valence-corrected chi connectivity index (χ3v) is 5.62. The van der Waals surface area contributed by atoms with E-state index < -0.39 is 0 Å². The molecule has 1 saturated heterocycles. The zero-order valence-corrected chi connectivity index (χ0v) is 16.1. The largest absolute Gasteiger partial charge is 0.456 e. The van der Waals surface area contributed by atoms with Crippen LogP contribution >= 0.6 is 23.2 Å². The molecule has 2 aromatic carbocycles. The van der Waals surface area contributed by atoms with Crippen molar-refractivity contribution in [3.63, 3.8) is 0 Å². The van der Waals surface area contributed by atoms with Crippen molar-refractivity contribution >= 4 is 40.7 Å². The number of amides is 2. The molecule has 0 N–H and O–H groups in total. The first kappa shape index (κ1) is 18.1. The summed E-state index contributed by atoms with van der Waals surface area (Å²) in [5.41, 5.74) is 0.557. The summed E-state index contributed by atoms with van der Waals surface area (Å²) in [6.45, 7) is 1.98. The Bertz CT molecular complexity index is 939. The quantitative estimate of drug-likeness (QED) is 0.504. The van der Waals surface area contributed by atoms with E-state index in [4.69, 9.17) is 27.9 Å². The van der Waals surface area contributed by atoms with Crippen molar-refractivity contribution in [1.29, 1.82) is 0 Å². The van der Waals surface area contributed by atoms with Crippen LogP contribution in [0.2, 0.25) is 10.0 Å². The Morgan fingerprint density at radius 3 is 2.44 bits per heavy atom. The summed E-state index contributed by atoms with van der Waals surface area (Å²) in [4.78, 5) is 26.9. The minimum atomic E-state index is -0.272. The normalized spacial score (nSPS) is 24.3. The SMILES string of the molecule is CC1C=CCC2C(=O)N(c3ccc(Oc4ccc(Cl)cc4Cl)cc3)C(=O)C12. The van der Waals surface area contributed by atoms with Gasteiger partial charge in [0.25, 0.3) is 0 Å². The number of allylic oxidation sites excluding steroid dienone is 2. The van der Waals surface area contributed by atoms with Gasteiger partial charge in [0.2, 0.25) is 11.8 Å². The van der Waals surface area contributed by atoms with Crippen molar-refractivity contribution in [1.82, 2.24) is 0 Å². The van der Waals surface area contributed by atoms with Crippen molar-refractivity contribution in [3.05, 3.63) is 64.7 Å². The third kappa shape index (κ3) is 3.24. The van der Waals surface area contributed by atoms with Gasteiger partial charge in [-0.2, -0.15) is 0 Å². The minimum absolute atomic E-state index is 0.0693. The smallest absolute Gasteiger partial charge is 0.238 e. The fourth-order valence-electron chi connectivity index (χ4n) is 3.75. The van der Waals surface area contributed by atoms with Gasteiger partial charge in [0, 0.05) is 5.02 Å². The lowest BCUT2D eigenvalue weighted by molar-refractivity contribution is -0.122. The number of carbonyl (C=O) groups excluding carboxylic acids is 2. The van der Waals surface area contributed by atoms with Gasteiger partial charge in [-0.1, -0.05) is 42.3 Å². The lowest BCUT2D eigenvalue weighted by atomic mass is 9.78. The number of carbonyl (C=O) groups is 2. The van der Waals surface area contributed by atoms with Gasteiger partial charge in [-0.25, -0.2) is 0 Å². The molecule has 3 atom stereocenters. The van der Waals surface area contributed by atoms with E-state index in [-0.39, 0.29) is 29.6 Å². The summed E-state index contributed by atoms with van der Waals surface area (Å²) < 4.78 is 5.76. The van der Waals surface area contributed by atoms with Crippen molar-refractivity contribution in [2.75, 3.05) is 4.90 Å². The van der Waals surface area contributed by atoms with Crippen molar-refractivity contribution in [2.24, 2.45) is 17.8 Å². The molecule has 0 radical (unpaired) electrons. The highest BCUT2D eigenvalue weighted by molar-refractivity contribution is 6.35. The van der Waals surface area contributed by atoms with Gasteiger partial charge < -0.3 is 4.74 Å². The molecule has 4 nitrogen and oxygen atoms in total. The molecule has 1 fully saturated rings. The van der Waals surface area contributed by atoms with Crippen LogP contribution in [-0.4, -0.2) is 11.8 Å². The average Bonchev–Trinajstić information content (AvgIpc) is 2.90. The molecule has 0 aromatic heterocycles. The lowest BCUT2D eigenvalue weighted by Gasteiger charge is -2.22. The van der Waals surface area contributed by atoms with Gasteiger partial charge in [0.05, 0.1) is 22.5 Å². The maximum absolute atomic E-state index is 12.8. The van der Waals surface area contributed by atoms with E-state index in [1.165, 1.54) is 4.90 Å². The maximum atomic E-state index is 12.8. The molecule has 3 unspecified atom stereocenters. The van der Waals surface area contributed by atoms with E-state index in [1.54, 1.807) is 42.5 Å². The van der Waals surface area contributed by atoms with E-state index in [0.717, 1.165) is 0 Å². The van der Waals surface area contributed by atoms with Crippen molar-refractivity contribution in [2.45, 2.75) is 13.3 Å². The first-order chi connectivity index (χ1) is 13.0. The number of imide groups is 1. The first-order valence-corrected chi connectivity index (χ1v) is 9.49. The van der Waals surface area contributed by atoms with Crippen molar-refractivity contribution in [3.8, 4) is 11.5 Å². The Kier molecular flexibility index (Phi) is 4.70. The molecule has 2 aromatic rings. The molecule has 2 amide bonds. The molecule has 4 rings (SSSR count). The molecule has 0 bridgehead atoms. The Labute approximate surface area is 167 Å². The van der Waals surface area contributed by atoms with Gasteiger partial charge in [-0.3, -0.25) is 14.5 Å². The van der Waals surface area contributed by atoms with Crippen LogP contribution in [0.25, 0.3) is 0 Å². The van der Waals surface area contributed by atoms with E-state index in [9.17, 15) is 9.59 Å². The van der Waals surface area contributed by atoms with Crippen LogP contribution in [0.15, 0.2) is 54.6 Å². The summed E-state index contributed by atoms with van der Waals surface area (Å²) in [5, 5.41) is 0.931. The van der Waals surface area contributed by atoms with E-state index in [1.807, 2.05) is 19.1 Å². The van der Waals surface area contributed by atoms with Gasteiger partial charge in [0.1, 0.15) is 11.5 Å². The zero-order chi connectivity index (χ0) is 19.1. The van der Waals surface area contributed by atoms with Crippen LogP contribution in [-0.2, 0) is 9.59 Å². The Hall–Kier alpha value is -2.30. The van der Waals surface area contributed by atoms with Gasteiger partial charge in [0.15, 0.2) is 0 Å². The molecule has 0 saturated carbocycles. The van der Waals surface area contributed by atoms with E-state index in [2.05, 4.69) is 0 Å². The molecule has 0 spiro atoms. The molecular weight excluding hydrogens is 385 g/mol. The molecule has 1 aliphatic heterocycles. The number of benzene rings is 2. The number of rotatable bonds is 3. The van der Waals surface area contributed by atoms with Crippen LogP contribution < -0.4 is 9.64 Å². The minimum Gasteiger partial charge on any atom is -0.456 e. The average molecular weight is 402 g/mol. The standard InChI is InChI=1S/C21H17Cl2NO3/c1-12-3-2-4-16-19(12)21(26)24(20(16)25)14-6-8-15(9-7-14)27-18-10-5-13(22)11-17(18)23/h2-3,5-12,16,19H,4H2,1H3. The summed E-state index contributed by atoms with van der Waals surface area (Å²) in [7, 11) is 0.